The van der Waals surface area contributed by atoms with Gasteiger partial charge in [-0.25, -0.2) is 4.98 Å². The third-order valence-corrected chi connectivity index (χ3v) is 4.11. The molecule has 0 spiro atoms. The summed E-state index contributed by atoms with van der Waals surface area (Å²) in [4.78, 5) is 13.9. The topological polar surface area (TPSA) is 32.3 Å². The minimum absolute atomic E-state index is 0.810. The van der Waals surface area contributed by atoms with E-state index in [1.165, 1.54) is 24.8 Å². The van der Waals surface area contributed by atoms with Crippen LogP contribution in [0.15, 0.2) is 36.4 Å². The van der Waals surface area contributed by atoms with E-state index in [0.717, 1.165) is 37.1 Å². The molecule has 2 heterocycles. The summed E-state index contributed by atoms with van der Waals surface area (Å²) in [7, 11) is 2.06. The molecule has 0 bridgehead atoms. The van der Waals surface area contributed by atoms with Crippen LogP contribution in [-0.2, 0) is 6.54 Å². The van der Waals surface area contributed by atoms with Crippen LogP contribution >= 0.6 is 0 Å². The molecule has 4 heteroatoms. The molecule has 1 aromatic carbocycles. The molecule has 4 nitrogen and oxygen atoms in total. The summed E-state index contributed by atoms with van der Waals surface area (Å²) in [5, 5.41) is 0. The van der Waals surface area contributed by atoms with Crippen molar-refractivity contribution in [1.29, 1.82) is 0 Å². The molecule has 116 valence electrons. The van der Waals surface area contributed by atoms with Gasteiger partial charge in [0.1, 0.15) is 5.82 Å². The van der Waals surface area contributed by atoms with Crippen LogP contribution in [0.1, 0.15) is 30.5 Å². The molecular formula is C18H24N4. The Morgan fingerprint density at radius 2 is 1.77 bits per heavy atom. The maximum Gasteiger partial charge on any atom is 0.227 e. The number of aryl methyl sites for hydroxylation is 1. The number of anilines is 2. The van der Waals surface area contributed by atoms with Gasteiger partial charge in [0.2, 0.25) is 5.95 Å². The van der Waals surface area contributed by atoms with Crippen molar-refractivity contribution in [1.82, 2.24) is 9.97 Å². The first kappa shape index (κ1) is 14.8. The number of piperidine rings is 1. The Morgan fingerprint density at radius 1 is 1.05 bits per heavy atom. The van der Waals surface area contributed by atoms with Gasteiger partial charge in [0.05, 0.1) is 0 Å². The van der Waals surface area contributed by atoms with E-state index in [-0.39, 0.29) is 0 Å². The van der Waals surface area contributed by atoms with E-state index in [4.69, 9.17) is 4.98 Å². The fourth-order valence-corrected chi connectivity index (χ4v) is 2.92. The summed E-state index contributed by atoms with van der Waals surface area (Å²) in [6.45, 7) is 5.09. The van der Waals surface area contributed by atoms with Gasteiger partial charge in [-0.1, -0.05) is 30.3 Å². The summed E-state index contributed by atoms with van der Waals surface area (Å²) in [5.41, 5.74) is 2.31. The van der Waals surface area contributed by atoms with Gasteiger partial charge in [0.15, 0.2) is 0 Å². The Balaban J connectivity index is 1.79. The summed E-state index contributed by atoms with van der Waals surface area (Å²) in [5.74, 6) is 1.88. The van der Waals surface area contributed by atoms with Crippen molar-refractivity contribution in [2.45, 2.75) is 32.7 Å². The maximum absolute atomic E-state index is 4.79. The van der Waals surface area contributed by atoms with E-state index < -0.39 is 0 Å². The van der Waals surface area contributed by atoms with Crippen molar-refractivity contribution < 1.29 is 0 Å². The summed E-state index contributed by atoms with van der Waals surface area (Å²) < 4.78 is 0. The van der Waals surface area contributed by atoms with Crippen molar-refractivity contribution in [2.24, 2.45) is 0 Å². The summed E-state index contributed by atoms with van der Waals surface area (Å²) in [6.07, 6.45) is 3.86. The lowest BCUT2D eigenvalue weighted by Crippen LogP contribution is -2.31. The lowest BCUT2D eigenvalue weighted by Gasteiger charge is -2.29. The molecule has 2 aromatic rings. The number of rotatable bonds is 4. The molecule has 0 unspecified atom stereocenters. The second-order valence-electron chi connectivity index (χ2n) is 6.06. The zero-order chi connectivity index (χ0) is 15.4. The van der Waals surface area contributed by atoms with Gasteiger partial charge < -0.3 is 9.80 Å². The second-order valence-corrected chi connectivity index (χ2v) is 6.06. The largest absolute Gasteiger partial charge is 0.356 e. The Kier molecular flexibility index (Phi) is 4.56. The standard InChI is InChI=1S/C18H24N4/c1-15-13-17(22-11-7-4-8-12-22)20-18(19-15)21(2)14-16-9-5-3-6-10-16/h3,5-6,9-10,13H,4,7-8,11-12,14H2,1-2H3. The fourth-order valence-electron chi connectivity index (χ4n) is 2.92. The zero-order valence-corrected chi connectivity index (χ0v) is 13.5. The predicted molar refractivity (Wildman–Crippen MR) is 91.4 cm³/mol. The van der Waals surface area contributed by atoms with Crippen LogP contribution in [0.4, 0.5) is 11.8 Å². The molecule has 1 aliphatic heterocycles. The Morgan fingerprint density at radius 3 is 2.50 bits per heavy atom. The van der Waals surface area contributed by atoms with Gasteiger partial charge >= 0.3 is 0 Å². The Hall–Kier alpha value is -2.10. The van der Waals surface area contributed by atoms with Gasteiger partial charge in [0, 0.05) is 38.4 Å². The van der Waals surface area contributed by atoms with E-state index in [0.29, 0.717) is 0 Å². The average Bonchev–Trinajstić information content (AvgIpc) is 2.56. The molecule has 1 aliphatic rings. The highest BCUT2D eigenvalue weighted by Crippen LogP contribution is 2.21. The molecule has 0 atom stereocenters. The van der Waals surface area contributed by atoms with Gasteiger partial charge in [-0.05, 0) is 31.7 Å². The van der Waals surface area contributed by atoms with Crippen molar-refractivity contribution in [2.75, 3.05) is 29.9 Å². The minimum Gasteiger partial charge on any atom is -0.356 e. The van der Waals surface area contributed by atoms with Crippen LogP contribution in [0.3, 0.4) is 0 Å². The van der Waals surface area contributed by atoms with Crippen LogP contribution in [0.2, 0.25) is 0 Å². The smallest absolute Gasteiger partial charge is 0.227 e. The van der Waals surface area contributed by atoms with Crippen LogP contribution in [0, 0.1) is 6.92 Å². The van der Waals surface area contributed by atoms with E-state index in [1.54, 1.807) is 0 Å². The minimum atomic E-state index is 0.810. The first-order valence-electron chi connectivity index (χ1n) is 8.08. The van der Waals surface area contributed by atoms with E-state index in [1.807, 2.05) is 6.07 Å². The highest BCUT2D eigenvalue weighted by Gasteiger charge is 2.15. The highest BCUT2D eigenvalue weighted by atomic mass is 15.3. The second kappa shape index (κ2) is 6.77. The third kappa shape index (κ3) is 3.56. The quantitative estimate of drug-likeness (QED) is 0.865. The lowest BCUT2D eigenvalue weighted by molar-refractivity contribution is 0.572. The van der Waals surface area contributed by atoms with Crippen molar-refractivity contribution >= 4 is 11.8 Å². The SMILES string of the molecule is Cc1cc(N2CCCCC2)nc(N(C)Cc2ccccc2)n1. The molecule has 0 N–H and O–H groups in total. The number of nitrogens with zero attached hydrogens (tertiary/aromatic N) is 4. The fraction of sp³-hybridized carbons (Fsp3) is 0.444. The zero-order valence-electron chi connectivity index (χ0n) is 13.5. The molecule has 1 aromatic heterocycles. The van der Waals surface area contributed by atoms with Crippen LogP contribution in [0.5, 0.6) is 0 Å². The number of hydrogen-bond acceptors (Lipinski definition) is 4. The molecule has 1 fully saturated rings. The predicted octanol–water partition coefficient (Wildman–Crippen LogP) is 3.41. The monoisotopic (exact) mass is 296 g/mol. The van der Waals surface area contributed by atoms with Crippen molar-refractivity contribution in [3.63, 3.8) is 0 Å². The molecule has 0 amide bonds. The third-order valence-electron chi connectivity index (χ3n) is 4.11. The van der Waals surface area contributed by atoms with E-state index >= 15 is 0 Å². The average molecular weight is 296 g/mol. The molecular weight excluding hydrogens is 272 g/mol. The van der Waals surface area contributed by atoms with E-state index in [9.17, 15) is 0 Å². The Bertz CT molecular complexity index is 606. The van der Waals surface area contributed by atoms with E-state index in [2.05, 4.69) is 59.1 Å². The molecule has 0 aliphatic carbocycles. The first-order chi connectivity index (χ1) is 10.7. The lowest BCUT2D eigenvalue weighted by atomic mass is 10.1. The normalized spacial score (nSPS) is 14.9. The first-order valence-corrected chi connectivity index (χ1v) is 8.08. The molecule has 0 radical (unpaired) electrons. The Labute approximate surface area is 132 Å². The molecule has 1 saturated heterocycles. The van der Waals surface area contributed by atoms with Crippen LogP contribution < -0.4 is 9.80 Å². The summed E-state index contributed by atoms with van der Waals surface area (Å²) in [6, 6.07) is 12.6. The van der Waals surface area contributed by atoms with Gasteiger partial charge in [-0.15, -0.1) is 0 Å². The number of benzene rings is 1. The maximum atomic E-state index is 4.79. The summed E-state index contributed by atoms with van der Waals surface area (Å²) >= 11 is 0. The van der Waals surface area contributed by atoms with Gasteiger partial charge in [-0.2, -0.15) is 4.98 Å². The van der Waals surface area contributed by atoms with Crippen LogP contribution in [0.25, 0.3) is 0 Å². The number of aromatic nitrogens is 2. The van der Waals surface area contributed by atoms with Gasteiger partial charge in [0.25, 0.3) is 0 Å². The number of hydrogen-bond donors (Lipinski definition) is 0. The molecule has 22 heavy (non-hydrogen) atoms. The van der Waals surface area contributed by atoms with Crippen LogP contribution in [-0.4, -0.2) is 30.1 Å². The van der Waals surface area contributed by atoms with Crippen molar-refractivity contribution in [3.05, 3.63) is 47.7 Å². The molecule has 0 saturated carbocycles. The molecule has 3 rings (SSSR count). The van der Waals surface area contributed by atoms with Crippen molar-refractivity contribution in [3.8, 4) is 0 Å². The van der Waals surface area contributed by atoms with Gasteiger partial charge in [-0.3, -0.25) is 0 Å². The highest BCUT2D eigenvalue weighted by molar-refractivity contribution is 5.46.